The molecule has 0 heterocycles. The van der Waals surface area contributed by atoms with E-state index in [2.05, 4.69) is 4.74 Å². The summed E-state index contributed by atoms with van der Waals surface area (Å²) in [5.74, 6) is -3.56. The first-order valence-electron chi connectivity index (χ1n) is 5.73. The lowest BCUT2D eigenvalue weighted by molar-refractivity contribution is -0.362. The third-order valence-corrected chi connectivity index (χ3v) is 2.41. The van der Waals surface area contributed by atoms with E-state index in [0.29, 0.717) is 6.42 Å². The Kier molecular flexibility index (Phi) is 5.42. The van der Waals surface area contributed by atoms with Crippen molar-refractivity contribution in [3.63, 3.8) is 0 Å². The number of allylic oxidation sites excluding steroid dienone is 1. The molecule has 0 spiro atoms. The fourth-order valence-corrected chi connectivity index (χ4v) is 1.43. The first-order valence-corrected chi connectivity index (χ1v) is 5.73. The minimum atomic E-state index is -5.11. The summed E-state index contributed by atoms with van der Waals surface area (Å²) in [6, 6.07) is 8.96. The van der Waals surface area contributed by atoms with E-state index < -0.39 is 23.6 Å². The Labute approximate surface area is 113 Å². The van der Waals surface area contributed by atoms with Crippen LogP contribution in [0.3, 0.4) is 0 Å². The number of alkyl halides is 3. The maximum absolute atomic E-state index is 12.2. The van der Waals surface area contributed by atoms with Crippen LogP contribution in [0.4, 0.5) is 13.2 Å². The average Bonchev–Trinajstić information content (AvgIpc) is 2.39. The van der Waals surface area contributed by atoms with E-state index >= 15 is 0 Å². The molecule has 0 aromatic heterocycles. The van der Waals surface area contributed by atoms with Gasteiger partial charge in [-0.15, -0.1) is 0 Å². The van der Waals surface area contributed by atoms with Crippen molar-refractivity contribution in [2.24, 2.45) is 0 Å². The van der Waals surface area contributed by atoms with Crippen molar-refractivity contribution in [1.29, 1.82) is 0 Å². The van der Waals surface area contributed by atoms with Crippen molar-refractivity contribution < 1.29 is 27.8 Å². The molecule has 0 aliphatic carbocycles. The molecule has 0 bridgehead atoms. The van der Waals surface area contributed by atoms with Gasteiger partial charge in [-0.25, -0.2) is 4.79 Å². The largest absolute Gasteiger partial charge is 0.868 e. The van der Waals surface area contributed by atoms with E-state index in [1.165, 1.54) is 0 Å². The molecule has 0 aliphatic heterocycles. The molecule has 20 heavy (non-hydrogen) atoms. The van der Waals surface area contributed by atoms with E-state index in [0.717, 1.165) is 12.6 Å². The summed E-state index contributed by atoms with van der Waals surface area (Å²) in [6.45, 7) is -0.112. The lowest BCUT2D eigenvalue weighted by Gasteiger charge is -2.20. The lowest BCUT2D eigenvalue weighted by atomic mass is 10.2. The first-order chi connectivity index (χ1) is 9.36. The van der Waals surface area contributed by atoms with Crippen molar-refractivity contribution >= 4 is 5.97 Å². The number of ether oxygens (including phenoxy) is 1. The minimum Gasteiger partial charge on any atom is -0.868 e. The second-order valence-corrected chi connectivity index (χ2v) is 3.82. The zero-order valence-electron chi connectivity index (χ0n) is 10.7. The summed E-state index contributed by atoms with van der Waals surface area (Å²) in [5, 5.41) is 12.9. The summed E-state index contributed by atoms with van der Waals surface area (Å²) in [6.07, 6.45) is -4.76. The highest BCUT2D eigenvalue weighted by atomic mass is 19.4. The van der Waals surface area contributed by atoms with Crippen molar-refractivity contribution in [3.05, 3.63) is 47.4 Å². The SMILES string of the molecule is CN/C(C(=O)OCCc1ccccc1)=C(/[O-])C(F)(F)F. The Bertz CT molecular complexity index is 483. The zero-order chi connectivity index (χ0) is 15.2. The molecule has 0 fully saturated rings. The predicted octanol–water partition coefficient (Wildman–Crippen LogP) is 1.13. The van der Waals surface area contributed by atoms with Crippen molar-refractivity contribution in [1.82, 2.24) is 5.32 Å². The van der Waals surface area contributed by atoms with Crippen LogP contribution in [0.15, 0.2) is 41.8 Å². The number of hydrogen-bond acceptors (Lipinski definition) is 4. The molecule has 1 aromatic carbocycles. The molecule has 0 unspecified atom stereocenters. The number of benzene rings is 1. The van der Waals surface area contributed by atoms with Crippen LogP contribution in [0.2, 0.25) is 0 Å². The molecule has 0 amide bonds. The Morgan fingerprint density at radius 3 is 2.40 bits per heavy atom. The maximum atomic E-state index is 12.2. The fraction of sp³-hybridized carbons (Fsp3) is 0.308. The van der Waals surface area contributed by atoms with Crippen LogP contribution in [0.1, 0.15) is 5.56 Å². The number of carbonyl (C=O) groups is 1. The number of carbonyl (C=O) groups excluding carboxylic acids is 1. The summed E-state index contributed by atoms with van der Waals surface area (Å²) in [5.41, 5.74) is -0.251. The molecule has 0 aliphatic rings. The summed E-state index contributed by atoms with van der Waals surface area (Å²) in [7, 11) is 1.05. The van der Waals surface area contributed by atoms with Crippen LogP contribution in [0.25, 0.3) is 0 Å². The molecule has 1 aromatic rings. The van der Waals surface area contributed by atoms with Gasteiger partial charge in [-0.05, 0) is 5.56 Å². The number of rotatable bonds is 5. The lowest BCUT2D eigenvalue weighted by Crippen LogP contribution is -2.33. The molecular formula is C13H13F3NO3-. The Hall–Kier alpha value is -2.18. The van der Waals surface area contributed by atoms with Gasteiger partial charge in [0.15, 0.2) is 0 Å². The normalized spacial score (nSPS) is 12.6. The zero-order valence-corrected chi connectivity index (χ0v) is 10.7. The topological polar surface area (TPSA) is 61.4 Å². The van der Waals surface area contributed by atoms with Crippen LogP contribution < -0.4 is 10.4 Å². The fourth-order valence-electron chi connectivity index (χ4n) is 1.43. The van der Waals surface area contributed by atoms with E-state index in [9.17, 15) is 23.1 Å². The van der Waals surface area contributed by atoms with E-state index in [4.69, 9.17) is 0 Å². The minimum absolute atomic E-state index is 0.112. The van der Waals surface area contributed by atoms with Gasteiger partial charge in [-0.2, -0.15) is 13.2 Å². The molecule has 4 nitrogen and oxygen atoms in total. The summed E-state index contributed by atoms with van der Waals surface area (Å²) in [4.78, 5) is 11.4. The highest BCUT2D eigenvalue weighted by Gasteiger charge is 2.31. The Morgan fingerprint density at radius 1 is 1.30 bits per heavy atom. The van der Waals surface area contributed by atoms with Crippen molar-refractivity contribution in [2.45, 2.75) is 12.6 Å². The van der Waals surface area contributed by atoms with Gasteiger partial charge >= 0.3 is 12.1 Å². The van der Waals surface area contributed by atoms with E-state index in [1.54, 1.807) is 24.3 Å². The quantitative estimate of drug-likeness (QED) is 0.501. The molecule has 1 rings (SSSR count). The van der Waals surface area contributed by atoms with Gasteiger partial charge in [-0.3, -0.25) is 0 Å². The number of nitrogens with one attached hydrogen (secondary N) is 1. The van der Waals surface area contributed by atoms with Crippen LogP contribution in [-0.2, 0) is 16.0 Å². The number of likely N-dealkylation sites (N-methyl/N-ethyl adjacent to an activating group) is 1. The molecule has 110 valence electrons. The standard InChI is InChI=1S/C13H14F3NO3/c1-17-10(11(18)13(14,15)16)12(19)20-8-7-9-5-3-2-4-6-9/h2-6,17-18H,7-8H2,1H3/p-1/b11-10+. The third-order valence-electron chi connectivity index (χ3n) is 2.41. The van der Waals surface area contributed by atoms with Gasteiger partial charge in [0.25, 0.3) is 0 Å². The van der Waals surface area contributed by atoms with Crippen LogP contribution in [-0.4, -0.2) is 25.8 Å². The summed E-state index contributed by atoms with van der Waals surface area (Å²) < 4.78 is 41.3. The third kappa shape index (κ3) is 4.49. The maximum Gasteiger partial charge on any atom is 0.404 e. The van der Waals surface area contributed by atoms with Gasteiger partial charge in [0.05, 0.1) is 6.61 Å². The predicted molar refractivity (Wildman–Crippen MR) is 63.2 cm³/mol. The van der Waals surface area contributed by atoms with Gasteiger partial charge in [0.2, 0.25) is 0 Å². The highest BCUT2D eigenvalue weighted by molar-refractivity contribution is 5.88. The monoisotopic (exact) mass is 288 g/mol. The first kappa shape index (κ1) is 15.9. The van der Waals surface area contributed by atoms with Gasteiger partial charge in [0, 0.05) is 19.2 Å². The molecule has 7 heteroatoms. The van der Waals surface area contributed by atoms with Crippen molar-refractivity contribution in [2.75, 3.05) is 13.7 Å². The summed E-state index contributed by atoms with van der Waals surface area (Å²) >= 11 is 0. The van der Waals surface area contributed by atoms with Crippen LogP contribution in [0, 0.1) is 0 Å². The second kappa shape index (κ2) is 6.83. The van der Waals surface area contributed by atoms with E-state index in [1.807, 2.05) is 11.4 Å². The van der Waals surface area contributed by atoms with E-state index in [-0.39, 0.29) is 6.61 Å². The smallest absolute Gasteiger partial charge is 0.404 e. The highest BCUT2D eigenvalue weighted by Crippen LogP contribution is 2.23. The second-order valence-electron chi connectivity index (χ2n) is 3.82. The number of hydrogen-bond donors (Lipinski definition) is 1. The van der Waals surface area contributed by atoms with Crippen LogP contribution in [0.5, 0.6) is 0 Å². The van der Waals surface area contributed by atoms with Gasteiger partial charge in [0.1, 0.15) is 5.70 Å². The number of esters is 1. The molecule has 1 N–H and O–H groups in total. The van der Waals surface area contributed by atoms with Gasteiger partial charge < -0.3 is 15.2 Å². The number of halogens is 3. The Morgan fingerprint density at radius 2 is 1.90 bits per heavy atom. The molecule has 0 saturated carbocycles. The molecular weight excluding hydrogens is 275 g/mol. The van der Waals surface area contributed by atoms with Crippen LogP contribution >= 0.6 is 0 Å². The molecule has 0 saturated heterocycles. The van der Waals surface area contributed by atoms with Crippen molar-refractivity contribution in [3.8, 4) is 0 Å². The molecule has 0 radical (unpaired) electrons. The molecule has 0 atom stereocenters. The average molecular weight is 288 g/mol. The Balaban J connectivity index is 2.61. The van der Waals surface area contributed by atoms with Gasteiger partial charge in [-0.1, -0.05) is 30.3 Å².